The van der Waals surface area contributed by atoms with E-state index in [0.29, 0.717) is 0 Å². The van der Waals surface area contributed by atoms with Crippen LogP contribution in [0.1, 0.15) is 74.9 Å². The molecule has 12 rings (SSSR count). The van der Waals surface area contributed by atoms with Gasteiger partial charge in [0, 0.05) is 27.0 Å². The molecule has 1 aliphatic carbocycles. The average Bonchev–Trinajstić information content (AvgIpc) is 3.45. The van der Waals surface area contributed by atoms with E-state index in [9.17, 15) is 0 Å². The molecule has 0 radical (unpaired) electrons. The van der Waals surface area contributed by atoms with Crippen molar-refractivity contribution >= 4 is 66.4 Å². The quantitative estimate of drug-likeness (QED) is 0.163. The fourth-order valence-corrected chi connectivity index (χ4v) is 11.3. The highest BCUT2D eigenvalue weighted by Crippen LogP contribution is 2.59. The van der Waals surface area contributed by atoms with Gasteiger partial charge in [-0.3, -0.25) is 0 Å². The molecule has 57 heavy (non-hydrogen) atoms. The van der Waals surface area contributed by atoms with Gasteiger partial charge in [0.1, 0.15) is 0 Å². The summed E-state index contributed by atoms with van der Waals surface area (Å²) in [6, 6.07) is 59.9. The summed E-state index contributed by atoms with van der Waals surface area (Å²) in [7, 11) is 0. The number of anilines is 6. The molecule has 2 heterocycles. The Morgan fingerprint density at radius 1 is 0.298 bits per heavy atom. The highest BCUT2D eigenvalue weighted by Gasteiger charge is 2.43. The lowest BCUT2D eigenvalue weighted by Crippen LogP contribution is -2.31. The average molecular weight is 733 g/mol. The van der Waals surface area contributed by atoms with Crippen LogP contribution >= 0.6 is 0 Å². The lowest BCUT2D eigenvalue weighted by Gasteiger charge is -2.43. The maximum Gasteiger partial charge on any atom is 0.0546 e. The Kier molecular flexibility index (Phi) is 6.29. The zero-order valence-corrected chi connectivity index (χ0v) is 33.4. The van der Waals surface area contributed by atoms with Crippen LogP contribution in [0.5, 0.6) is 0 Å². The molecule has 0 atom stereocenters. The van der Waals surface area contributed by atoms with E-state index in [1.807, 2.05) is 0 Å². The molecule has 9 aromatic carbocycles. The second-order valence-corrected chi connectivity index (χ2v) is 18.2. The van der Waals surface area contributed by atoms with Crippen molar-refractivity contribution in [1.29, 1.82) is 0 Å². The predicted molar refractivity (Wildman–Crippen MR) is 241 cm³/mol. The Hall–Kier alpha value is -6.38. The molecule has 3 aliphatic rings. The Morgan fingerprint density at radius 2 is 0.807 bits per heavy atom. The van der Waals surface area contributed by atoms with E-state index in [0.717, 1.165) is 0 Å². The zero-order chi connectivity index (χ0) is 38.6. The minimum absolute atomic E-state index is 0.0747. The van der Waals surface area contributed by atoms with Gasteiger partial charge in [-0.15, -0.1) is 0 Å². The third-order valence-electron chi connectivity index (χ3n) is 14.1. The number of benzene rings is 9. The summed E-state index contributed by atoms with van der Waals surface area (Å²) in [6.45, 7) is 14.3. The Morgan fingerprint density at radius 3 is 1.47 bits per heavy atom. The summed E-state index contributed by atoms with van der Waals surface area (Å²) in [5.41, 5.74) is 18.0. The molecule has 0 N–H and O–H groups in total. The zero-order valence-electron chi connectivity index (χ0n) is 33.4. The largest absolute Gasteiger partial charge is 0.309 e. The topological polar surface area (TPSA) is 6.48 Å². The van der Waals surface area contributed by atoms with Crippen LogP contribution in [-0.2, 0) is 16.2 Å². The number of fused-ring (bicyclic) bond motifs is 7. The molecular weight excluding hydrogens is 689 g/mol. The summed E-state index contributed by atoms with van der Waals surface area (Å²) >= 11 is 0. The highest BCUT2D eigenvalue weighted by molar-refractivity contribution is 6.29. The van der Waals surface area contributed by atoms with E-state index in [1.165, 1.54) is 111 Å². The minimum atomic E-state index is -0.184. The lowest BCUT2D eigenvalue weighted by molar-refractivity contribution is 0.620. The maximum absolute atomic E-state index is 2.58. The van der Waals surface area contributed by atoms with E-state index < -0.39 is 0 Å². The van der Waals surface area contributed by atoms with Crippen molar-refractivity contribution in [3.8, 4) is 11.1 Å². The van der Waals surface area contributed by atoms with Gasteiger partial charge in [0.25, 0.3) is 0 Å². The molecule has 0 bridgehead atoms. The summed E-state index contributed by atoms with van der Waals surface area (Å²) in [5.74, 6) is 0. The standard InChI is InChI=1S/C55H44N2/c1-53(2)39-19-8-7-17-35(39)38-31-50-44(32-43(38)53)55(5,6)42-22-11-12-23-46(42)56(50)45-29-27-34-30-49(36-18-15-16-33-26-28-37(45)52(34)51(33)36)57-47-24-13-9-20-40(47)54(3,4)41-21-10-14-25-48(41)57/h7-32H,1-6H3. The summed E-state index contributed by atoms with van der Waals surface area (Å²) in [4.78, 5) is 5.11. The van der Waals surface area contributed by atoms with E-state index >= 15 is 0 Å². The van der Waals surface area contributed by atoms with Gasteiger partial charge in [0.05, 0.1) is 34.1 Å². The van der Waals surface area contributed by atoms with Crippen molar-refractivity contribution in [2.75, 3.05) is 9.80 Å². The van der Waals surface area contributed by atoms with Crippen LogP contribution in [-0.4, -0.2) is 0 Å². The molecule has 0 saturated carbocycles. The molecule has 0 unspecified atom stereocenters. The summed E-state index contributed by atoms with van der Waals surface area (Å²) in [5, 5.41) is 7.69. The Labute approximate surface area is 335 Å². The Balaban J connectivity index is 1.14. The molecule has 2 aliphatic heterocycles. The van der Waals surface area contributed by atoms with Crippen LogP contribution in [0.4, 0.5) is 34.1 Å². The lowest BCUT2D eigenvalue weighted by atomic mass is 9.71. The fraction of sp³-hybridized carbons (Fsp3) is 0.164. The van der Waals surface area contributed by atoms with E-state index in [1.54, 1.807) is 0 Å². The van der Waals surface area contributed by atoms with Gasteiger partial charge in [0.15, 0.2) is 0 Å². The molecule has 0 aromatic heterocycles. The van der Waals surface area contributed by atoms with E-state index in [4.69, 9.17) is 0 Å². The van der Waals surface area contributed by atoms with Crippen molar-refractivity contribution in [1.82, 2.24) is 0 Å². The highest BCUT2D eigenvalue weighted by atomic mass is 15.2. The number of para-hydroxylation sites is 3. The summed E-state index contributed by atoms with van der Waals surface area (Å²) in [6.07, 6.45) is 0. The molecule has 0 amide bonds. The van der Waals surface area contributed by atoms with Crippen molar-refractivity contribution in [3.63, 3.8) is 0 Å². The molecule has 0 fully saturated rings. The monoisotopic (exact) mass is 732 g/mol. The molecule has 2 nitrogen and oxygen atoms in total. The van der Waals surface area contributed by atoms with Crippen molar-refractivity contribution < 1.29 is 0 Å². The SMILES string of the molecule is CC1(C)c2ccccc2-c2cc3c(cc21)C(C)(C)c1ccccc1N3c1ccc2cc(N3c4ccccc4C(C)(C)c4ccccc43)c3cccc4ccc1c2c43. The first kappa shape index (κ1) is 32.8. The van der Waals surface area contributed by atoms with Crippen LogP contribution < -0.4 is 9.80 Å². The smallest absolute Gasteiger partial charge is 0.0546 e. The maximum atomic E-state index is 2.58. The molecule has 0 spiro atoms. The second-order valence-electron chi connectivity index (χ2n) is 18.2. The number of hydrogen-bond acceptors (Lipinski definition) is 2. The van der Waals surface area contributed by atoms with Gasteiger partial charge in [-0.1, -0.05) is 163 Å². The van der Waals surface area contributed by atoms with E-state index in [-0.39, 0.29) is 16.2 Å². The number of hydrogen-bond donors (Lipinski definition) is 0. The van der Waals surface area contributed by atoms with Gasteiger partial charge >= 0.3 is 0 Å². The molecule has 274 valence electrons. The molecule has 9 aromatic rings. The predicted octanol–water partition coefficient (Wildman–Crippen LogP) is 15.1. The molecular formula is C55H44N2. The van der Waals surface area contributed by atoms with Crippen molar-refractivity contribution in [3.05, 3.63) is 191 Å². The van der Waals surface area contributed by atoms with Crippen molar-refractivity contribution in [2.24, 2.45) is 0 Å². The first-order valence-corrected chi connectivity index (χ1v) is 20.4. The van der Waals surface area contributed by atoms with Crippen LogP contribution in [0, 0.1) is 0 Å². The third-order valence-corrected chi connectivity index (χ3v) is 14.1. The number of rotatable bonds is 2. The Bertz CT molecular complexity index is 3130. The van der Waals surface area contributed by atoms with Gasteiger partial charge < -0.3 is 9.80 Å². The van der Waals surface area contributed by atoms with Crippen LogP contribution in [0.3, 0.4) is 0 Å². The third kappa shape index (κ3) is 4.10. The second kappa shape index (κ2) is 10.9. The van der Waals surface area contributed by atoms with Gasteiger partial charge in [0.2, 0.25) is 0 Å². The fourth-order valence-electron chi connectivity index (χ4n) is 11.3. The van der Waals surface area contributed by atoms with Crippen LogP contribution in [0.15, 0.2) is 158 Å². The van der Waals surface area contributed by atoms with Crippen LogP contribution in [0.25, 0.3) is 43.4 Å². The molecule has 0 saturated heterocycles. The molecule has 2 heteroatoms. The van der Waals surface area contributed by atoms with Gasteiger partial charge in [-0.2, -0.15) is 0 Å². The first-order valence-electron chi connectivity index (χ1n) is 20.4. The van der Waals surface area contributed by atoms with Crippen LogP contribution in [0.2, 0.25) is 0 Å². The van der Waals surface area contributed by atoms with Gasteiger partial charge in [-0.05, 0) is 102 Å². The summed E-state index contributed by atoms with van der Waals surface area (Å²) < 4.78 is 0. The first-order chi connectivity index (χ1) is 27.6. The number of nitrogens with zero attached hydrogens (tertiary/aromatic N) is 2. The normalized spacial score (nSPS) is 16.6. The van der Waals surface area contributed by atoms with E-state index in [2.05, 4.69) is 209 Å². The van der Waals surface area contributed by atoms with Crippen molar-refractivity contribution in [2.45, 2.75) is 57.8 Å². The minimum Gasteiger partial charge on any atom is -0.309 e. The van der Waals surface area contributed by atoms with Gasteiger partial charge in [-0.25, -0.2) is 0 Å².